The third kappa shape index (κ3) is 3.53. The van der Waals surface area contributed by atoms with Gasteiger partial charge in [0.1, 0.15) is 11.3 Å². The molecule has 0 aliphatic heterocycles. The van der Waals surface area contributed by atoms with Gasteiger partial charge in [-0.3, -0.25) is 4.79 Å². The quantitative estimate of drug-likeness (QED) is 0.780. The average molecular weight is 319 g/mol. The van der Waals surface area contributed by atoms with Crippen LogP contribution in [-0.2, 0) is 11.2 Å². The molecule has 4 nitrogen and oxygen atoms in total. The summed E-state index contributed by atoms with van der Waals surface area (Å²) in [5.74, 6) is 0.544. The molecule has 2 aromatic rings. The van der Waals surface area contributed by atoms with Crippen molar-refractivity contribution in [2.75, 3.05) is 12.9 Å². The zero-order valence-electron chi connectivity index (χ0n) is 13.2. The topological polar surface area (TPSA) is 59.4 Å². The lowest BCUT2D eigenvalue weighted by Gasteiger charge is -2.16. The molecule has 0 atom stereocenters. The van der Waals surface area contributed by atoms with Crippen LogP contribution in [0.3, 0.4) is 0 Å². The lowest BCUT2D eigenvalue weighted by Crippen LogP contribution is -2.01. The van der Waals surface area contributed by atoms with Crippen LogP contribution in [0, 0.1) is 6.92 Å². The van der Waals surface area contributed by atoms with Crippen LogP contribution >= 0.6 is 11.8 Å². The second-order valence-corrected chi connectivity index (χ2v) is 6.21. The number of aliphatic carboxylic acids is 1. The summed E-state index contributed by atoms with van der Waals surface area (Å²) in [5.41, 5.74) is 3.07. The van der Waals surface area contributed by atoms with Crippen molar-refractivity contribution in [3.8, 4) is 5.75 Å². The van der Waals surface area contributed by atoms with E-state index in [-0.39, 0.29) is 6.42 Å². The number of hydrogen-bond acceptors (Lipinski definition) is 4. The van der Waals surface area contributed by atoms with Crippen molar-refractivity contribution in [2.24, 2.45) is 0 Å². The van der Waals surface area contributed by atoms with Crippen LogP contribution in [0.2, 0.25) is 0 Å². The molecule has 22 heavy (non-hydrogen) atoms. The van der Waals surface area contributed by atoms with Crippen molar-refractivity contribution in [2.45, 2.75) is 38.0 Å². The number of carboxylic acid groups (broad SMARTS) is 1. The zero-order valence-corrected chi connectivity index (χ0v) is 14.0. The maximum absolute atomic E-state index is 10.8. The number of benzene rings is 1. The number of carbonyl (C=O) groups is 1. The van der Waals surface area contributed by atoms with Crippen LogP contribution in [0.1, 0.15) is 31.0 Å². The maximum Gasteiger partial charge on any atom is 0.304 e. The van der Waals surface area contributed by atoms with Gasteiger partial charge in [0.25, 0.3) is 0 Å². The van der Waals surface area contributed by atoms with E-state index < -0.39 is 5.97 Å². The number of nitrogens with zero attached hydrogens (tertiary/aromatic N) is 1. The molecule has 1 heterocycles. The Morgan fingerprint density at radius 2 is 2.18 bits per heavy atom. The Morgan fingerprint density at radius 3 is 2.82 bits per heavy atom. The van der Waals surface area contributed by atoms with Gasteiger partial charge in [-0.2, -0.15) is 0 Å². The monoisotopic (exact) mass is 319 g/mol. The minimum atomic E-state index is -0.766. The van der Waals surface area contributed by atoms with Gasteiger partial charge < -0.3 is 9.84 Å². The predicted molar refractivity (Wildman–Crippen MR) is 90.0 cm³/mol. The number of hydrogen-bond donors (Lipinski definition) is 1. The first-order valence-electron chi connectivity index (χ1n) is 7.39. The second kappa shape index (κ2) is 7.49. The fourth-order valence-electron chi connectivity index (χ4n) is 2.50. The molecule has 0 fully saturated rings. The number of thioether (sulfide) groups is 1. The fraction of sp³-hybridized carbons (Fsp3) is 0.412. The normalized spacial score (nSPS) is 10.9. The molecule has 0 unspecified atom stereocenters. The molecular formula is C17H21NO3S. The molecule has 1 aromatic carbocycles. The molecular weight excluding hydrogens is 298 g/mol. The minimum Gasteiger partial charge on any atom is -0.494 e. The highest BCUT2D eigenvalue weighted by Gasteiger charge is 2.15. The third-order valence-electron chi connectivity index (χ3n) is 3.52. The van der Waals surface area contributed by atoms with E-state index in [2.05, 4.69) is 6.92 Å². The highest BCUT2D eigenvalue weighted by atomic mass is 32.2. The number of fused-ring (bicyclic) bond motifs is 1. The van der Waals surface area contributed by atoms with E-state index in [0.29, 0.717) is 5.75 Å². The van der Waals surface area contributed by atoms with Gasteiger partial charge in [-0.05, 0) is 25.0 Å². The molecule has 0 amide bonds. The van der Waals surface area contributed by atoms with Gasteiger partial charge in [0, 0.05) is 21.7 Å². The van der Waals surface area contributed by atoms with Crippen LogP contribution in [0.25, 0.3) is 10.9 Å². The predicted octanol–water partition coefficient (Wildman–Crippen LogP) is 4.07. The lowest BCUT2D eigenvalue weighted by atomic mass is 10.0. The Hall–Kier alpha value is -1.75. The van der Waals surface area contributed by atoms with Gasteiger partial charge >= 0.3 is 5.97 Å². The van der Waals surface area contributed by atoms with Gasteiger partial charge in [-0.25, -0.2) is 4.98 Å². The maximum atomic E-state index is 10.8. The van der Waals surface area contributed by atoms with Gasteiger partial charge in [0.05, 0.1) is 13.5 Å². The smallest absolute Gasteiger partial charge is 0.304 e. The number of ether oxygens (including phenoxy) is 1. The van der Waals surface area contributed by atoms with E-state index >= 15 is 0 Å². The summed E-state index contributed by atoms with van der Waals surface area (Å²) in [5, 5.41) is 9.91. The third-order valence-corrected chi connectivity index (χ3v) is 4.68. The van der Waals surface area contributed by atoms with Crippen LogP contribution < -0.4 is 4.74 Å². The van der Waals surface area contributed by atoms with Crippen LogP contribution in [0.5, 0.6) is 5.75 Å². The van der Waals surface area contributed by atoms with E-state index in [9.17, 15) is 4.79 Å². The molecule has 0 aliphatic carbocycles. The minimum absolute atomic E-state index is 0.156. The Kier molecular flexibility index (Phi) is 5.66. The molecule has 118 valence electrons. The van der Waals surface area contributed by atoms with E-state index in [1.54, 1.807) is 18.9 Å². The molecule has 1 aromatic heterocycles. The van der Waals surface area contributed by atoms with Crippen LogP contribution in [0.4, 0.5) is 0 Å². The highest BCUT2D eigenvalue weighted by molar-refractivity contribution is 7.99. The van der Waals surface area contributed by atoms with E-state index in [1.807, 2.05) is 25.1 Å². The van der Waals surface area contributed by atoms with Crippen LogP contribution in [0.15, 0.2) is 23.1 Å². The molecule has 0 saturated heterocycles. The van der Waals surface area contributed by atoms with Gasteiger partial charge in [-0.15, -0.1) is 11.8 Å². The molecule has 0 radical (unpaired) electrons. The Balaban J connectivity index is 2.55. The molecule has 2 rings (SSSR count). The summed E-state index contributed by atoms with van der Waals surface area (Å²) < 4.78 is 5.41. The summed E-state index contributed by atoms with van der Waals surface area (Å²) in [6, 6.07) is 5.89. The molecule has 5 heteroatoms. The zero-order chi connectivity index (χ0) is 16.1. The number of pyridine rings is 1. The summed E-state index contributed by atoms with van der Waals surface area (Å²) in [4.78, 5) is 16.6. The van der Waals surface area contributed by atoms with E-state index in [1.165, 1.54) is 5.56 Å². The fourth-order valence-corrected chi connectivity index (χ4v) is 3.72. The second-order valence-electron chi connectivity index (χ2n) is 5.10. The van der Waals surface area contributed by atoms with Crippen molar-refractivity contribution >= 4 is 28.6 Å². The summed E-state index contributed by atoms with van der Waals surface area (Å²) in [6.45, 7) is 4.15. The molecule has 1 N–H and O–H groups in total. The lowest BCUT2D eigenvalue weighted by molar-refractivity contribution is -0.136. The Bertz CT molecular complexity index is 685. The SMILES string of the molecule is CCCc1c(C)nc2c(OC)cccc2c1SCCC(=O)O. The first-order valence-corrected chi connectivity index (χ1v) is 8.37. The molecule has 0 aliphatic rings. The first kappa shape index (κ1) is 16.6. The van der Waals surface area contributed by atoms with Crippen molar-refractivity contribution in [1.82, 2.24) is 4.98 Å². The van der Waals surface area contributed by atoms with Gasteiger partial charge in [0.15, 0.2) is 0 Å². The number of aryl methyl sites for hydroxylation is 1. The average Bonchev–Trinajstić information content (AvgIpc) is 2.49. The largest absolute Gasteiger partial charge is 0.494 e. The van der Waals surface area contributed by atoms with E-state index in [0.717, 1.165) is 40.1 Å². The molecule has 0 bridgehead atoms. The van der Waals surface area contributed by atoms with Crippen molar-refractivity contribution in [1.29, 1.82) is 0 Å². The van der Waals surface area contributed by atoms with Crippen molar-refractivity contribution < 1.29 is 14.6 Å². The number of rotatable bonds is 7. The first-order chi connectivity index (χ1) is 10.6. The Labute approximate surface area is 134 Å². The number of para-hydroxylation sites is 1. The highest BCUT2D eigenvalue weighted by Crippen LogP contribution is 2.36. The number of aromatic nitrogens is 1. The van der Waals surface area contributed by atoms with E-state index in [4.69, 9.17) is 14.8 Å². The molecule has 0 saturated carbocycles. The summed E-state index contributed by atoms with van der Waals surface area (Å²) >= 11 is 1.60. The number of methoxy groups -OCH3 is 1. The standard InChI is InChI=1S/C17H21NO3S/c1-4-6-12-11(2)18-16-13(7-5-8-14(16)21-3)17(12)22-10-9-15(19)20/h5,7-8H,4,6,9-10H2,1-3H3,(H,19,20). The summed E-state index contributed by atoms with van der Waals surface area (Å²) in [7, 11) is 1.64. The van der Waals surface area contributed by atoms with Crippen molar-refractivity contribution in [3.05, 3.63) is 29.5 Å². The summed E-state index contributed by atoms with van der Waals surface area (Å²) in [6.07, 6.45) is 2.13. The van der Waals surface area contributed by atoms with Crippen molar-refractivity contribution in [3.63, 3.8) is 0 Å². The number of carboxylic acids is 1. The Morgan fingerprint density at radius 1 is 1.41 bits per heavy atom. The molecule has 0 spiro atoms. The van der Waals surface area contributed by atoms with Gasteiger partial charge in [-0.1, -0.05) is 25.5 Å². The van der Waals surface area contributed by atoms with Gasteiger partial charge in [0.2, 0.25) is 0 Å². The van der Waals surface area contributed by atoms with Crippen LogP contribution in [-0.4, -0.2) is 28.9 Å².